The summed E-state index contributed by atoms with van der Waals surface area (Å²) < 4.78 is 19.3. The summed E-state index contributed by atoms with van der Waals surface area (Å²) in [7, 11) is 0. The van der Waals surface area contributed by atoms with Gasteiger partial charge in [-0.2, -0.15) is 0 Å². The lowest BCUT2D eigenvalue weighted by Crippen LogP contribution is -2.01. The fraction of sp³-hybridized carbons (Fsp3) is 0.100. The molecule has 0 spiro atoms. The van der Waals surface area contributed by atoms with E-state index in [0.717, 1.165) is 17.8 Å². The van der Waals surface area contributed by atoms with E-state index >= 15 is 0 Å². The summed E-state index contributed by atoms with van der Waals surface area (Å²) in [6.07, 6.45) is 0. The normalized spacial score (nSPS) is 10.4. The van der Waals surface area contributed by atoms with Crippen molar-refractivity contribution >= 4 is 17.3 Å². The number of hydrogen-bond acceptors (Lipinski definition) is 2. The summed E-state index contributed by atoms with van der Waals surface area (Å²) in [5, 5.41) is 3.72. The SMILES string of the molecule is Fc1cccc(Cl)c1COc1ccc(CNc2ccccc2)cc1. The number of anilines is 1. The number of ether oxygens (including phenoxy) is 1. The number of benzene rings is 3. The minimum Gasteiger partial charge on any atom is -0.489 e. The van der Waals surface area contributed by atoms with Crippen LogP contribution in [-0.4, -0.2) is 0 Å². The van der Waals surface area contributed by atoms with Crippen LogP contribution >= 0.6 is 11.6 Å². The topological polar surface area (TPSA) is 21.3 Å². The molecule has 3 aromatic rings. The second-order valence-corrected chi connectivity index (χ2v) is 5.76. The highest BCUT2D eigenvalue weighted by molar-refractivity contribution is 6.31. The molecule has 0 aromatic heterocycles. The Labute approximate surface area is 145 Å². The lowest BCUT2D eigenvalue weighted by atomic mass is 10.2. The van der Waals surface area contributed by atoms with Crippen molar-refractivity contribution in [2.45, 2.75) is 13.2 Å². The molecule has 2 nitrogen and oxygen atoms in total. The number of para-hydroxylation sites is 1. The maximum Gasteiger partial charge on any atom is 0.131 e. The summed E-state index contributed by atoms with van der Waals surface area (Å²) >= 11 is 5.99. The van der Waals surface area contributed by atoms with E-state index in [1.54, 1.807) is 12.1 Å². The molecule has 3 rings (SSSR count). The zero-order valence-electron chi connectivity index (χ0n) is 13.0. The second-order valence-electron chi connectivity index (χ2n) is 5.35. The Morgan fingerprint density at radius 2 is 1.62 bits per heavy atom. The van der Waals surface area contributed by atoms with Crippen molar-refractivity contribution in [3.8, 4) is 5.75 Å². The van der Waals surface area contributed by atoms with Gasteiger partial charge in [0.05, 0.1) is 5.02 Å². The molecular formula is C20H17ClFNO. The first-order chi connectivity index (χ1) is 11.7. The predicted molar refractivity (Wildman–Crippen MR) is 96.0 cm³/mol. The molecule has 0 amide bonds. The molecule has 0 heterocycles. The minimum absolute atomic E-state index is 0.104. The van der Waals surface area contributed by atoms with Gasteiger partial charge in [0.1, 0.15) is 18.2 Å². The van der Waals surface area contributed by atoms with E-state index in [4.69, 9.17) is 16.3 Å². The van der Waals surface area contributed by atoms with Gasteiger partial charge in [-0.15, -0.1) is 0 Å². The van der Waals surface area contributed by atoms with E-state index in [1.807, 2.05) is 54.6 Å². The van der Waals surface area contributed by atoms with Gasteiger partial charge in [0, 0.05) is 17.8 Å². The third-order valence-electron chi connectivity index (χ3n) is 3.64. The predicted octanol–water partition coefficient (Wildman–Crippen LogP) is 5.67. The molecule has 0 fully saturated rings. The standard InChI is InChI=1S/C20H17ClFNO/c21-19-7-4-8-20(22)18(19)14-24-17-11-9-15(10-12-17)13-23-16-5-2-1-3-6-16/h1-12,23H,13-14H2. The van der Waals surface area contributed by atoms with Crippen molar-refractivity contribution in [2.24, 2.45) is 0 Å². The van der Waals surface area contributed by atoms with Crippen molar-refractivity contribution in [2.75, 3.05) is 5.32 Å². The number of hydrogen-bond donors (Lipinski definition) is 1. The summed E-state index contributed by atoms with van der Waals surface area (Å²) in [6, 6.07) is 22.3. The van der Waals surface area contributed by atoms with Gasteiger partial charge >= 0.3 is 0 Å². The highest BCUT2D eigenvalue weighted by Crippen LogP contribution is 2.22. The smallest absolute Gasteiger partial charge is 0.131 e. The first kappa shape index (κ1) is 16.3. The largest absolute Gasteiger partial charge is 0.489 e. The van der Waals surface area contributed by atoms with E-state index in [-0.39, 0.29) is 12.4 Å². The van der Waals surface area contributed by atoms with Crippen molar-refractivity contribution in [3.05, 3.63) is 94.8 Å². The third-order valence-corrected chi connectivity index (χ3v) is 3.99. The van der Waals surface area contributed by atoms with Gasteiger partial charge in [0.15, 0.2) is 0 Å². The second kappa shape index (κ2) is 7.84. The molecule has 0 aliphatic carbocycles. The molecule has 1 N–H and O–H groups in total. The maximum absolute atomic E-state index is 13.7. The summed E-state index contributed by atoms with van der Waals surface area (Å²) in [4.78, 5) is 0. The minimum atomic E-state index is -0.355. The van der Waals surface area contributed by atoms with Crippen LogP contribution < -0.4 is 10.1 Å². The average Bonchev–Trinajstić information content (AvgIpc) is 2.61. The maximum atomic E-state index is 13.7. The van der Waals surface area contributed by atoms with Crippen LogP contribution in [0.3, 0.4) is 0 Å². The highest BCUT2D eigenvalue weighted by atomic mass is 35.5. The van der Waals surface area contributed by atoms with E-state index in [1.165, 1.54) is 6.07 Å². The van der Waals surface area contributed by atoms with Crippen molar-refractivity contribution in [3.63, 3.8) is 0 Å². The Morgan fingerprint density at radius 1 is 0.875 bits per heavy atom. The Hall–Kier alpha value is -2.52. The Bertz CT molecular complexity index is 770. The van der Waals surface area contributed by atoms with Gasteiger partial charge in [0.25, 0.3) is 0 Å². The molecule has 24 heavy (non-hydrogen) atoms. The lowest BCUT2D eigenvalue weighted by Gasteiger charge is -2.10. The fourth-order valence-electron chi connectivity index (χ4n) is 2.29. The van der Waals surface area contributed by atoms with Gasteiger partial charge in [0.2, 0.25) is 0 Å². The first-order valence-corrected chi connectivity index (χ1v) is 8.04. The fourth-order valence-corrected chi connectivity index (χ4v) is 2.51. The molecule has 0 aliphatic rings. The van der Waals surface area contributed by atoms with Gasteiger partial charge in [-0.25, -0.2) is 4.39 Å². The van der Waals surface area contributed by atoms with Crippen molar-refractivity contribution in [1.82, 2.24) is 0 Å². The van der Waals surface area contributed by atoms with Gasteiger partial charge in [-0.3, -0.25) is 0 Å². The molecule has 122 valence electrons. The molecule has 0 radical (unpaired) electrons. The lowest BCUT2D eigenvalue weighted by molar-refractivity contribution is 0.300. The van der Waals surface area contributed by atoms with Crippen LogP contribution in [0.5, 0.6) is 5.75 Å². The van der Waals surface area contributed by atoms with Crippen LogP contribution in [0.1, 0.15) is 11.1 Å². The van der Waals surface area contributed by atoms with E-state index in [0.29, 0.717) is 16.3 Å². The quantitative estimate of drug-likeness (QED) is 0.623. The van der Waals surface area contributed by atoms with Gasteiger partial charge in [-0.1, -0.05) is 48.0 Å². The molecule has 0 saturated heterocycles. The van der Waals surface area contributed by atoms with Crippen LogP contribution in [0.15, 0.2) is 72.8 Å². The summed E-state index contributed by atoms with van der Waals surface area (Å²) in [5.74, 6) is 0.323. The summed E-state index contributed by atoms with van der Waals surface area (Å²) in [5.41, 5.74) is 2.58. The van der Waals surface area contributed by atoms with Crippen LogP contribution in [0.25, 0.3) is 0 Å². The van der Waals surface area contributed by atoms with E-state index < -0.39 is 0 Å². The summed E-state index contributed by atoms with van der Waals surface area (Å²) in [6.45, 7) is 0.830. The molecule has 0 atom stereocenters. The monoisotopic (exact) mass is 341 g/mol. The molecule has 0 aliphatic heterocycles. The molecular weight excluding hydrogens is 325 g/mol. The Balaban J connectivity index is 1.57. The van der Waals surface area contributed by atoms with Crippen LogP contribution in [0.2, 0.25) is 5.02 Å². The van der Waals surface area contributed by atoms with E-state index in [2.05, 4.69) is 5.32 Å². The van der Waals surface area contributed by atoms with Crippen LogP contribution in [0, 0.1) is 5.82 Å². The van der Waals surface area contributed by atoms with E-state index in [9.17, 15) is 4.39 Å². The van der Waals surface area contributed by atoms with Gasteiger partial charge < -0.3 is 10.1 Å². The van der Waals surface area contributed by atoms with Crippen LogP contribution in [0.4, 0.5) is 10.1 Å². The Kier molecular flexibility index (Phi) is 5.34. The Morgan fingerprint density at radius 3 is 2.33 bits per heavy atom. The zero-order valence-corrected chi connectivity index (χ0v) is 13.8. The molecule has 0 unspecified atom stereocenters. The molecule has 3 aromatic carbocycles. The molecule has 4 heteroatoms. The van der Waals surface area contributed by atoms with Crippen molar-refractivity contribution < 1.29 is 9.13 Å². The third kappa shape index (κ3) is 4.27. The van der Waals surface area contributed by atoms with Crippen LogP contribution in [-0.2, 0) is 13.2 Å². The number of nitrogens with one attached hydrogen (secondary N) is 1. The average molecular weight is 342 g/mol. The first-order valence-electron chi connectivity index (χ1n) is 7.66. The zero-order chi connectivity index (χ0) is 16.8. The number of rotatable bonds is 6. The number of halogens is 2. The highest BCUT2D eigenvalue weighted by Gasteiger charge is 2.07. The molecule has 0 saturated carbocycles. The van der Waals surface area contributed by atoms with Crippen molar-refractivity contribution in [1.29, 1.82) is 0 Å². The van der Waals surface area contributed by atoms with Gasteiger partial charge in [-0.05, 0) is 42.0 Å². The molecule has 0 bridgehead atoms.